The van der Waals surface area contributed by atoms with Gasteiger partial charge in [-0.15, -0.1) is 12.4 Å². The molecule has 1 fully saturated rings. The van der Waals surface area contributed by atoms with Gasteiger partial charge in [-0.2, -0.15) is 0 Å². The van der Waals surface area contributed by atoms with E-state index in [9.17, 15) is 0 Å². The molecule has 1 heterocycles. The highest BCUT2D eigenvalue weighted by atomic mass is 35.5. The zero-order chi connectivity index (χ0) is 6.74. The van der Waals surface area contributed by atoms with Crippen molar-refractivity contribution in [3.63, 3.8) is 0 Å². The second kappa shape index (κ2) is 4.16. The predicted octanol–water partition coefficient (Wildman–Crippen LogP) is 1.33. The Morgan fingerprint density at radius 3 is 2.20 bits per heavy atom. The Labute approximate surface area is 68.5 Å². The van der Waals surface area contributed by atoms with Crippen LogP contribution >= 0.6 is 12.4 Å². The molecule has 0 unspecified atom stereocenters. The van der Waals surface area contributed by atoms with Crippen molar-refractivity contribution in [2.24, 2.45) is 5.73 Å². The van der Waals surface area contributed by atoms with Gasteiger partial charge in [-0.25, -0.2) is 0 Å². The average molecular weight is 166 g/mol. The number of hydrogen-bond acceptors (Lipinski definition) is 2. The predicted molar refractivity (Wildman–Crippen MR) is 44.5 cm³/mol. The molecule has 1 saturated heterocycles. The maximum absolute atomic E-state index is 5.98. The molecular formula is C7H16ClNO. The highest BCUT2D eigenvalue weighted by Gasteiger charge is 2.24. The molecule has 1 rings (SSSR count). The summed E-state index contributed by atoms with van der Waals surface area (Å²) in [5, 5.41) is 0. The van der Waals surface area contributed by atoms with Gasteiger partial charge in [-0.05, 0) is 19.3 Å². The van der Waals surface area contributed by atoms with Crippen molar-refractivity contribution in [3.8, 4) is 0 Å². The fourth-order valence-corrected chi connectivity index (χ4v) is 1.13. The van der Waals surface area contributed by atoms with E-state index in [-0.39, 0.29) is 17.9 Å². The van der Waals surface area contributed by atoms with Gasteiger partial charge in [0.1, 0.15) is 0 Å². The highest BCUT2D eigenvalue weighted by Crippen LogP contribution is 2.20. The Bertz CT molecular complexity index is 91.6. The smallest absolute Gasteiger partial charge is 0.0483 e. The Morgan fingerprint density at radius 2 is 1.90 bits per heavy atom. The SMILES string of the molecule is CCC1(N)CCOCC1.Cl. The summed E-state index contributed by atoms with van der Waals surface area (Å²) in [6.45, 7) is 3.85. The van der Waals surface area contributed by atoms with Gasteiger partial charge in [0.15, 0.2) is 0 Å². The van der Waals surface area contributed by atoms with Crippen LogP contribution in [-0.2, 0) is 4.74 Å². The van der Waals surface area contributed by atoms with E-state index in [2.05, 4.69) is 6.92 Å². The van der Waals surface area contributed by atoms with E-state index >= 15 is 0 Å². The molecule has 3 heteroatoms. The molecule has 0 radical (unpaired) electrons. The summed E-state index contributed by atoms with van der Waals surface area (Å²) in [5.74, 6) is 0. The summed E-state index contributed by atoms with van der Waals surface area (Å²) in [4.78, 5) is 0. The van der Waals surface area contributed by atoms with Crippen LogP contribution in [0.5, 0.6) is 0 Å². The second-order valence-corrected chi connectivity index (χ2v) is 2.83. The number of nitrogens with two attached hydrogens (primary N) is 1. The number of rotatable bonds is 1. The Balaban J connectivity index is 0.000000810. The molecule has 2 nitrogen and oxygen atoms in total. The van der Waals surface area contributed by atoms with E-state index in [1.54, 1.807) is 0 Å². The van der Waals surface area contributed by atoms with E-state index in [0.717, 1.165) is 32.5 Å². The first-order chi connectivity index (χ1) is 4.27. The highest BCUT2D eigenvalue weighted by molar-refractivity contribution is 5.85. The molecule has 0 bridgehead atoms. The summed E-state index contributed by atoms with van der Waals surface area (Å²) in [6.07, 6.45) is 3.14. The van der Waals surface area contributed by atoms with Crippen molar-refractivity contribution < 1.29 is 4.74 Å². The molecule has 0 aromatic rings. The normalized spacial score (nSPS) is 23.4. The summed E-state index contributed by atoms with van der Waals surface area (Å²) in [6, 6.07) is 0. The summed E-state index contributed by atoms with van der Waals surface area (Å²) in [5.41, 5.74) is 6.07. The molecule has 0 amide bonds. The Morgan fingerprint density at radius 1 is 1.40 bits per heavy atom. The lowest BCUT2D eigenvalue weighted by molar-refractivity contribution is 0.0519. The van der Waals surface area contributed by atoms with Crippen molar-refractivity contribution in [3.05, 3.63) is 0 Å². The van der Waals surface area contributed by atoms with E-state index < -0.39 is 0 Å². The minimum Gasteiger partial charge on any atom is -0.381 e. The summed E-state index contributed by atoms with van der Waals surface area (Å²) < 4.78 is 5.19. The first-order valence-corrected chi connectivity index (χ1v) is 3.63. The quantitative estimate of drug-likeness (QED) is 0.636. The molecule has 0 aromatic carbocycles. The van der Waals surface area contributed by atoms with Crippen LogP contribution in [0.25, 0.3) is 0 Å². The molecule has 0 spiro atoms. The van der Waals surface area contributed by atoms with Crippen LogP contribution in [-0.4, -0.2) is 18.8 Å². The molecular weight excluding hydrogens is 150 g/mol. The molecule has 62 valence electrons. The van der Waals surface area contributed by atoms with Gasteiger partial charge in [-0.1, -0.05) is 6.92 Å². The molecule has 0 aromatic heterocycles. The van der Waals surface area contributed by atoms with E-state index in [0.29, 0.717) is 0 Å². The standard InChI is InChI=1S/C7H15NO.ClH/c1-2-7(8)3-5-9-6-4-7;/h2-6,8H2,1H3;1H. The van der Waals surface area contributed by atoms with E-state index in [4.69, 9.17) is 10.5 Å². The van der Waals surface area contributed by atoms with Crippen LogP contribution in [0.1, 0.15) is 26.2 Å². The lowest BCUT2D eigenvalue weighted by Crippen LogP contribution is -2.44. The van der Waals surface area contributed by atoms with Crippen molar-refractivity contribution in [2.75, 3.05) is 13.2 Å². The molecule has 0 saturated carbocycles. The number of halogens is 1. The van der Waals surface area contributed by atoms with Gasteiger partial charge in [0.25, 0.3) is 0 Å². The molecule has 1 aliphatic heterocycles. The van der Waals surface area contributed by atoms with Crippen molar-refractivity contribution in [2.45, 2.75) is 31.7 Å². The lowest BCUT2D eigenvalue weighted by atomic mass is 9.89. The van der Waals surface area contributed by atoms with Crippen LogP contribution in [0, 0.1) is 0 Å². The topological polar surface area (TPSA) is 35.2 Å². The average Bonchev–Trinajstić information content (AvgIpc) is 1.90. The first-order valence-electron chi connectivity index (χ1n) is 3.63. The zero-order valence-corrected chi connectivity index (χ0v) is 7.25. The zero-order valence-electron chi connectivity index (χ0n) is 6.43. The summed E-state index contributed by atoms with van der Waals surface area (Å²) >= 11 is 0. The third kappa shape index (κ3) is 2.45. The minimum atomic E-state index is 0. The second-order valence-electron chi connectivity index (χ2n) is 2.83. The molecule has 10 heavy (non-hydrogen) atoms. The van der Waals surface area contributed by atoms with Gasteiger partial charge in [-0.3, -0.25) is 0 Å². The van der Waals surface area contributed by atoms with Gasteiger partial charge in [0.2, 0.25) is 0 Å². The Kier molecular flexibility index (Phi) is 4.25. The van der Waals surface area contributed by atoms with Crippen LogP contribution in [0.4, 0.5) is 0 Å². The van der Waals surface area contributed by atoms with Gasteiger partial charge in [0.05, 0.1) is 0 Å². The minimum absolute atomic E-state index is 0. The van der Waals surface area contributed by atoms with Crippen molar-refractivity contribution >= 4 is 12.4 Å². The molecule has 2 N–H and O–H groups in total. The van der Waals surface area contributed by atoms with Crippen LogP contribution in [0.15, 0.2) is 0 Å². The fraction of sp³-hybridized carbons (Fsp3) is 1.00. The van der Waals surface area contributed by atoms with E-state index in [1.165, 1.54) is 0 Å². The molecule has 1 aliphatic rings. The fourth-order valence-electron chi connectivity index (χ4n) is 1.13. The van der Waals surface area contributed by atoms with E-state index in [1.807, 2.05) is 0 Å². The Hall–Kier alpha value is 0.210. The maximum atomic E-state index is 5.98. The third-order valence-electron chi connectivity index (χ3n) is 2.19. The third-order valence-corrected chi connectivity index (χ3v) is 2.19. The monoisotopic (exact) mass is 165 g/mol. The number of ether oxygens (including phenoxy) is 1. The van der Waals surface area contributed by atoms with Crippen LogP contribution < -0.4 is 5.73 Å². The summed E-state index contributed by atoms with van der Waals surface area (Å²) in [7, 11) is 0. The maximum Gasteiger partial charge on any atom is 0.0483 e. The largest absolute Gasteiger partial charge is 0.381 e. The van der Waals surface area contributed by atoms with Gasteiger partial charge < -0.3 is 10.5 Å². The lowest BCUT2D eigenvalue weighted by Gasteiger charge is -2.31. The molecule has 0 atom stereocenters. The number of hydrogen-bond donors (Lipinski definition) is 1. The first kappa shape index (κ1) is 10.2. The molecule has 0 aliphatic carbocycles. The van der Waals surface area contributed by atoms with Crippen LogP contribution in [0.2, 0.25) is 0 Å². The van der Waals surface area contributed by atoms with Gasteiger partial charge >= 0.3 is 0 Å². The van der Waals surface area contributed by atoms with Gasteiger partial charge in [0, 0.05) is 18.8 Å². The van der Waals surface area contributed by atoms with Crippen LogP contribution in [0.3, 0.4) is 0 Å². The van der Waals surface area contributed by atoms with Crippen molar-refractivity contribution in [1.29, 1.82) is 0 Å². The van der Waals surface area contributed by atoms with Crippen molar-refractivity contribution in [1.82, 2.24) is 0 Å².